The van der Waals surface area contributed by atoms with Crippen LogP contribution in [0.25, 0.3) is 16.9 Å². The van der Waals surface area contributed by atoms with Crippen LogP contribution in [0.3, 0.4) is 0 Å². The predicted octanol–water partition coefficient (Wildman–Crippen LogP) is 2.97. The van der Waals surface area contributed by atoms with Crippen LogP contribution in [0.1, 0.15) is 13.8 Å². The van der Waals surface area contributed by atoms with E-state index < -0.39 is 0 Å². The highest BCUT2D eigenvalue weighted by Gasteiger charge is 2.13. The minimum Gasteiger partial charge on any atom is -0.383 e. The Morgan fingerprint density at radius 1 is 1.19 bits per heavy atom. The largest absolute Gasteiger partial charge is 0.383 e. The molecule has 0 radical (unpaired) electrons. The summed E-state index contributed by atoms with van der Waals surface area (Å²) in [6, 6.07) is 9.99. The lowest BCUT2D eigenvalue weighted by molar-refractivity contribution is 0.527. The number of para-hydroxylation sites is 1. The summed E-state index contributed by atoms with van der Waals surface area (Å²) in [4.78, 5) is 4.43. The molecule has 0 atom stereocenters. The molecule has 0 unspecified atom stereocenters. The van der Waals surface area contributed by atoms with Crippen molar-refractivity contribution in [3.63, 3.8) is 0 Å². The van der Waals surface area contributed by atoms with Crippen LogP contribution in [0, 0.1) is 5.92 Å². The zero-order valence-electron chi connectivity index (χ0n) is 12.3. The van der Waals surface area contributed by atoms with Gasteiger partial charge in [0.25, 0.3) is 0 Å². The number of aromatic nitrogens is 4. The fourth-order valence-corrected chi connectivity index (χ4v) is 2.32. The van der Waals surface area contributed by atoms with Crippen molar-refractivity contribution in [3.8, 4) is 16.9 Å². The molecule has 5 heteroatoms. The predicted molar refractivity (Wildman–Crippen MR) is 84.0 cm³/mol. The first-order chi connectivity index (χ1) is 10.1. The lowest BCUT2D eigenvalue weighted by atomic mass is 10.2. The number of benzene rings is 1. The summed E-state index contributed by atoms with van der Waals surface area (Å²) >= 11 is 0. The molecule has 0 spiro atoms. The average Bonchev–Trinajstić information content (AvgIpc) is 3.08. The van der Waals surface area contributed by atoms with E-state index in [-0.39, 0.29) is 0 Å². The van der Waals surface area contributed by atoms with Crippen LogP contribution in [-0.4, -0.2) is 19.3 Å². The maximum atomic E-state index is 6.20. The molecule has 108 valence electrons. The van der Waals surface area contributed by atoms with Gasteiger partial charge in [0.15, 0.2) is 0 Å². The van der Waals surface area contributed by atoms with Crippen LogP contribution in [-0.2, 0) is 6.54 Å². The van der Waals surface area contributed by atoms with Crippen molar-refractivity contribution in [2.24, 2.45) is 5.92 Å². The zero-order chi connectivity index (χ0) is 14.8. The van der Waals surface area contributed by atoms with Gasteiger partial charge < -0.3 is 10.3 Å². The topological polar surface area (TPSA) is 61.7 Å². The molecule has 0 saturated carbocycles. The van der Waals surface area contributed by atoms with E-state index in [1.807, 2.05) is 45.8 Å². The van der Waals surface area contributed by atoms with Crippen molar-refractivity contribution in [2.45, 2.75) is 20.4 Å². The summed E-state index contributed by atoms with van der Waals surface area (Å²) < 4.78 is 3.82. The van der Waals surface area contributed by atoms with Crippen LogP contribution in [0.5, 0.6) is 0 Å². The molecule has 0 saturated heterocycles. The van der Waals surface area contributed by atoms with E-state index in [1.54, 1.807) is 12.5 Å². The molecule has 2 N–H and O–H groups in total. The summed E-state index contributed by atoms with van der Waals surface area (Å²) in [6.07, 6.45) is 5.55. The van der Waals surface area contributed by atoms with E-state index in [1.165, 1.54) is 0 Å². The number of nitrogens with two attached hydrogens (primary N) is 1. The quantitative estimate of drug-likeness (QED) is 0.799. The molecular formula is C16H19N5. The Morgan fingerprint density at radius 3 is 2.67 bits per heavy atom. The Labute approximate surface area is 124 Å². The molecule has 0 aliphatic heterocycles. The van der Waals surface area contributed by atoms with Gasteiger partial charge >= 0.3 is 0 Å². The standard InChI is InChI=1S/C16H19N5/c1-12(2)9-20-11-18-15(16(20)17)13-8-19-21(10-13)14-6-4-3-5-7-14/h3-8,10-12H,9,17H2,1-2H3. The molecule has 0 amide bonds. The number of nitrogen functional groups attached to an aromatic ring is 1. The number of hydrogen-bond donors (Lipinski definition) is 1. The van der Waals surface area contributed by atoms with Crippen molar-refractivity contribution in [1.82, 2.24) is 19.3 Å². The minimum atomic E-state index is 0.529. The molecule has 1 aromatic carbocycles. The first-order valence-corrected chi connectivity index (χ1v) is 7.06. The normalized spacial score (nSPS) is 11.2. The third-order valence-corrected chi connectivity index (χ3v) is 3.32. The van der Waals surface area contributed by atoms with Gasteiger partial charge in [-0.1, -0.05) is 32.0 Å². The van der Waals surface area contributed by atoms with Crippen molar-refractivity contribution in [2.75, 3.05) is 5.73 Å². The molecular weight excluding hydrogens is 262 g/mol. The smallest absolute Gasteiger partial charge is 0.131 e. The first-order valence-electron chi connectivity index (χ1n) is 7.06. The highest BCUT2D eigenvalue weighted by molar-refractivity contribution is 5.69. The van der Waals surface area contributed by atoms with Crippen LogP contribution >= 0.6 is 0 Å². The summed E-state index contributed by atoms with van der Waals surface area (Å²) in [5.41, 5.74) is 8.93. The number of rotatable bonds is 4. The van der Waals surface area contributed by atoms with Crippen molar-refractivity contribution in [1.29, 1.82) is 0 Å². The lowest BCUT2D eigenvalue weighted by Gasteiger charge is -2.07. The van der Waals surface area contributed by atoms with E-state index in [9.17, 15) is 0 Å². The number of nitrogens with zero attached hydrogens (tertiary/aromatic N) is 4. The summed E-state index contributed by atoms with van der Waals surface area (Å²) in [5, 5.41) is 4.39. The number of hydrogen-bond acceptors (Lipinski definition) is 3. The third-order valence-electron chi connectivity index (χ3n) is 3.32. The van der Waals surface area contributed by atoms with Crippen LogP contribution < -0.4 is 5.73 Å². The molecule has 0 aliphatic rings. The lowest BCUT2D eigenvalue weighted by Crippen LogP contribution is -2.06. The Bertz CT molecular complexity index is 724. The van der Waals surface area contributed by atoms with Gasteiger partial charge in [0.2, 0.25) is 0 Å². The fraction of sp³-hybridized carbons (Fsp3) is 0.250. The second-order valence-corrected chi connectivity index (χ2v) is 5.53. The zero-order valence-corrected chi connectivity index (χ0v) is 12.3. The van der Waals surface area contributed by atoms with Gasteiger partial charge in [0.05, 0.1) is 18.2 Å². The highest BCUT2D eigenvalue weighted by atomic mass is 15.3. The SMILES string of the molecule is CC(C)Cn1cnc(-c2cnn(-c3ccccc3)c2)c1N. The van der Waals surface area contributed by atoms with Crippen molar-refractivity contribution >= 4 is 5.82 Å². The Balaban J connectivity index is 1.92. The molecule has 2 aromatic heterocycles. The summed E-state index contributed by atoms with van der Waals surface area (Å²) in [7, 11) is 0. The molecule has 0 fully saturated rings. The fourth-order valence-electron chi connectivity index (χ4n) is 2.32. The maximum Gasteiger partial charge on any atom is 0.131 e. The van der Waals surface area contributed by atoms with Gasteiger partial charge in [-0.15, -0.1) is 0 Å². The summed E-state index contributed by atoms with van der Waals surface area (Å²) in [5.74, 6) is 1.22. The van der Waals surface area contributed by atoms with Gasteiger partial charge in [0.1, 0.15) is 11.5 Å². The molecule has 0 aliphatic carbocycles. The van der Waals surface area contributed by atoms with Crippen LogP contribution in [0.2, 0.25) is 0 Å². The van der Waals surface area contributed by atoms with E-state index in [0.29, 0.717) is 11.7 Å². The molecule has 2 heterocycles. The summed E-state index contributed by atoms with van der Waals surface area (Å²) in [6.45, 7) is 5.19. The van der Waals surface area contributed by atoms with Gasteiger partial charge in [-0.2, -0.15) is 5.10 Å². The second-order valence-electron chi connectivity index (χ2n) is 5.53. The van der Waals surface area contributed by atoms with Gasteiger partial charge in [0, 0.05) is 18.3 Å². The van der Waals surface area contributed by atoms with Crippen molar-refractivity contribution < 1.29 is 0 Å². The Hall–Kier alpha value is -2.56. The Kier molecular flexibility index (Phi) is 3.48. The number of anilines is 1. The molecule has 3 aromatic rings. The van der Waals surface area contributed by atoms with E-state index >= 15 is 0 Å². The highest BCUT2D eigenvalue weighted by Crippen LogP contribution is 2.25. The molecule has 21 heavy (non-hydrogen) atoms. The third kappa shape index (κ3) is 2.67. The number of imidazole rings is 1. The van der Waals surface area contributed by atoms with Crippen LogP contribution in [0.4, 0.5) is 5.82 Å². The van der Waals surface area contributed by atoms with Crippen LogP contribution in [0.15, 0.2) is 49.1 Å². The van der Waals surface area contributed by atoms with E-state index in [4.69, 9.17) is 5.73 Å². The molecule has 0 bridgehead atoms. The minimum absolute atomic E-state index is 0.529. The first kappa shape index (κ1) is 13.4. The monoisotopic (exact) mass is 281 g/mol. The van der Waals surface area contributed by atoms with E-state index in [0.717, 1.165) is 23.5 Å². The van der Waals surface area contributed by atoms with Gasteiger partial charge in [-0.25, -0.2) is 9.67 Å². The van der Waals surface area contributed by atoms with E-state index in [2.05, 4.69) is 23.9 Å². The van der Waals surface area contributed by atoms with Gasteiger partial charge in [-0.3, -0.25) is 0 Å². The average molecular weight is 281 g/mol. The Morgan fingerprint density at radius 2 is 1.95 bits per heavy atom. The molecule has 5 nitrogen and oxygen atoms in total. The van der Waals surface area contributed by atoms with Crippen molar-refractivity contribution in [3.05, 3.63) is 49.1 Å². The maximum absolute atomic E-state index is 6.20. The second kappa shape index (κ2) is 5.44. The van der Waals surface area contributed by atoms with Gasteiger partial charge in [-0.05, 0) is 18.1 Å². The molecule has 3 rings (SSSR count).